The minimum absolute atomic E-state index is 0.000982. The molecule has 3 rings (SSSR count). The highest BCUT2D eigenvalue weighted by atomic mass is 16.3. The van der Waals surface area contributed by atoms with Crippen LogP contribution in [0.15, 0.2) is 26.1 Å². The van der Waals surface area contributed by atoms with Crippen LogP contribution in [0.2, 0.25) is 0 Å². The van der Waals surface area contributed by atoms with Crippen molar-refractivity contribution in [1.82, 2.24) is 19.4 Å². The molecule has 3 heterocycles. The van der Waals surface area contributed by atoms with Crippen LogP contribution >= 0.6 is 0 Å². The standard InChI is InChI=1S/C24H36N6O5/c1-5-6-9-29(20-21(25)30(14-16(2)3)24(34)26-22(20)32)19(31)15-27-10-12-28(13-11-27)23(33)18-8-7-17(4)35-18/h7-8,16H,5-6,9-15,25H2,1-4H3,(H,26,32,34). The van der Waals surface area contributed by atoms with Crippen LogP contribution in [0.1, 0.15) is 49.9 Å². The van der Waals surface area contributed by atoms with Gasteiger partial charge in [-0.1, -0.05) is 27.2 Å². The number of unbranched alkanes of at least 4 members (excludes halogenated alkanes) is 1. The number of rotatable bonds is 9. The van der Waals surface area contributed by atoms with Crippen LogP contribution in [0.3, 0.4) is 0 Å². The summed E-state index contributed by atoms with van der Waals surface area (Å²) in [5.74, 6) is 0.675. The number of carbonyl (C=O) groups excluding carboxylic acids is 2. The highest BCUT2D eigenvalue weighted by Gasteiger charge is 2.29. The molecule has 11 heteroatoms. The first-order chi connectivity index (χ1) is 16.6. The maximum absolute atomic E-state index is 13.4. The number of nitrogens with zero attached hydrogens (tertiary/aromatic N) is 4. The second-order valence-electron chi connectivity index (χ2n) is 9.38. The normalized spacial score (nSPS) is 14.5. The number of nitrogens with one attached hydrogen (secondary N) is 1. The Bertz CT molecular complexity index is 1160. The van der Waals surface area contributed by atoms with E-state index in [2.05, 4.69) is 4.98 Å². The van der Waals surface area contributed by atoms with Crippen LogP contribution in [0.5, 0.6) is 0 Å². The summed E-state index contributed by atoms with van der Waals surface area (Å²) in [6.45, 7) is 10.3. The Morgan fingerprint density at radius 2 is 1.86 bits per heavy atom. The van der Waals surface area contributed by atoms with Crippen molar-refractivity contribution in [2.24, 2.45) is 5.92 Å². The number of nitrogen functional groups attached to an aromatic ring is 1. The van der Waals surface area contributed by atoms with Gasteiger partial charge in [0, 0.05) is 39.3 Å². The summed E-state index contributed by atoms with van der Waals surface area (Å²) in [7, 11) is 0. The Morgan fingerprint density at radius 3 is 2.43 bits per heavy atom. The second kappa shape index (κ2) is 11.4. The zero-order chi connectivity index (χ0) is 25.7. The first kappa shape index (κ1) is 26.3. The van der Waals surface area contributed by atoms with Gasteiger partial charge in [-0.15, -0.1) is 0 Å². The Morgan fingerprint density at radius 1 is 1.17 bits per heavy atom. The van der Waals surface area contributed by atoms with Crippen LogP contribution in [-0.2, 0) is 11.3 Å². The van der Waals surface area contributed by atoms with Crippen LogP contribution in [0.4, 0.5) is 11.5 Å². The summed E-state index contributed by atoms with van der Waals surface area (Å²) < 4.78 is 6.75. The molecule has 35 heavy (non-hydrogen) atoms. The number of amides is 2. The third-order valence-corrected chi connectivity index (χ3v) is 6.04. The molecule has 1 aliphatic rings. The van der Waals surface area contributed by atoms with Gasteiger partial charge >= 0.3 is 5.69 Å². The summed E-state index contributed by atoms with van der Waals surface area (Å²) >= 11 is 0. The van der Waals surface area contributed by atoms with E-state index >= 15 is 0 Å². The van der Waals surface area contributed by atoms with Gasteiger partial charge in [-0.2, -0.15) is 0 Å². The average Bonchev–Trinajstić information content (AvgIpc) is 3.24. The van der Waals surface area contributed by atoms with Crippen molar-refractivity contribution in [3.63, 3.8) is 0 Å². The van der Waals surface area contributed by atoms with Crippen LogP contribution in [0, 0.1) is 12.8 Å². The SMILES string of the molecule is CCCCN(C(=O)CN1CCN(C(=O)c2ccc(C)o2)CC1)c1c(N)n(CC(C)C)c(=O)[nH]c1=O. The molecule has 0 unspecified atom stereocenters. The van der Waals surface area contributed by atoms with Crippen molar-refractivity contribution in [1.29, 1.82) is 0 Å². The number of H-pyrrole nitrogens is 1. The number of aromatic nitrogens is 2. The summed E-state index contributed by atoms with van der Waals surface area (Å²) in [5, 5.41) is 0. The van der Waals surface area contributed by atoms with E-state index in [4.69, 9.17) is 10.2 Å². The van der Waals surface area contributed by atoms with Gasteiger partial charge in [-0.25, -0.2) is 4.79 Å². The van der Waals surface area contributed by atoms with Crippen LogP contribution in [-0.4, -0.2) is 70.4 Å². The number of nitrogens with two attached hydrogens (primary N) is 1. The predicted molar refractivity (Wildman–Crippen MR) is 134 cm³/mol. The Balaban J connectivity index is 1.74. The molecule has 3 N–H and O–H groups in total. The molecule has 1 aliphatic heterocycles. The number of piperazine rings is 1. The fourth-order valence-corrected chi connectivity index (χ4v) is 4.15. The summed E-state index contributed by atoms with van der Waals surface area (Å²) in [6.07, 6.45) is 1.50. The summed E-state index contributed by atoms with van der Waals surface area (Å²) in [5.41, 5.74) is 5.04. The third-order valence-electron chi connectivity index (χ3n) is 6.04. The zero-order valence-corrected chi connectivity index (χ0v) is 21.0. The van der Waals surface area contributed by atoms with E-state index in [9.17, 15) is 19.2 Å². The minimum Gasteiger partial charge on any atom is -0.456 e. The van der Waals surface area contributed by atoms with Gasteiger partial charge in [-0.3, -0.25) is 28.8 Å². The van der Waals surface area contributed by atoms with Crippen LogP contribution < -0.4 is 21.9 Å². The largest absolute Gasteiger partial charge is 0.456 e. The number of hydrogen-bond acceptors (Lipinski definition) is 7. The number of carbonyl (C=O) groups is 2. The fraction of sp³-hybridized carbons (Fsp3) is 0.583. The van der Waals surface area contributed by atoms with Gasteiger partial charge in [-0.05, 0) is 31.4 Å². The van der Waals surface area contributed by atoms with Crippen molar-refractivity contribution >= 4 is 23.3 Å². The van der Waals surface area contributed by atoms with E-state index in [1.807, 2.05) is 25.7 Å². The molecule has 2 aromatic rings. The molecule has 0 bridgehead atoms. The first-order valence-corrected chi connectivity index (χ1v) is 12.1. The number of aromatic amines is 1. The number of aryl methyl sites for hydroxylation is 1. The van der Waals surface area contributed by atoms with E-state index in [0.29, 0.717) is 57.2 Å². The maximum atomic E-state index is 13.4. The molecule has 0 radical (unpaired) electrons. The predicted octanol–water partition coefficient (Wildman–Crippen LogP) is 1.27. The molecular formula is C24H36N6O5. The van der Waals surface area contributed by atoms with Crippen molar-refractivity contribution in [2.75, 3.05) is 49.9 Å². The molecular weight excluding hydrogens is 452 g/mol. The zero-order valence-electron chi connectivity index (χ0n) is 21.0. The fourth-order valence-electron chi connectivity index (χ4n) is 4.15. The molecule has 11 nitrogen and oxygen atoms in total. The lowest BCUT2D eigenvalue weighted by Gasteiger charge is -2.35. The maximum Gasteiger partial charge on any atom is 0.330 e. The number of furan rings is 1. The average molecular weight is 489 g/mol. The lowest BCUT2D eigenvalue weighted by Crippen LogP contribution is -2.52. The number of anilines is 2. The monoisotopic (exact) mass is 488 g/mol. The first-order valence-electron chi connectivity index (χ1n) is 12.1. The van der Waals surface area contributed by atoms with E-state index in [1.54, 1.807) is 24.0 Å². The third kappa shape index (κ3) is 6.21. The van der Waals surface area contributed by atoms with Gasteiger partial charge in [0.15, 0.2) is 11.4 Å². The van der Waals surface area contributed by atoms with Crippen LogP contribution in [0.25, 0.3) is 0 Å². The summed E-state index contributed by atoms with van der Waals surface area (Å²) in [4.78, 5) is 58.5. The molecule has 2 aromatic heterocycles. The van der Waals surface area contributed by atoms with Crippen molar-refractivity contribution in [2.45, 2.75) is 47.1 Å². The molecule has 0 aliphatic carbocycles. The van der Waals surface area contributed by atoms with E-state index in [0.717, 1.165) is 6.42 Å². The van der Waals surface area contributed by atoms with Gasteiger partial charge in [0.1, 0.15) is 11.6 Å². The molecule has 1 saturated heterocycles. The van der Waals surface area contributed by atoms with Crippen molar-refractivity contribution in [3.05, 3.63) is 44.5 Å². The molecule has 1 fully saturated rings. The quantitative estimate of drug-likeness (QED) is 0.542. The lowest BCUT2D eigenvalue weighted by atomic mass is 10.2. The topological polar surface area (TPSA) is 138 Å². The van der Waals surface area contributed by atoms with Gasteiger partial charge in [0.05, 0.1) is 6.54 Å². The molecule has 0 spiro atoms. The van der Waals surface area contributed by atoms with Crippen molar-refractivity contribution < 1.29 is 14.0 Å². The minimum atomic E-state index is -0.666. The molecule has 0 saturated carbocycles. The molecule has 192 valence electrons. The smallest absolute Gasteiger partial charge is 0.330 e. The Hall–Kier alpha value is -3.34. The molecule has 0 atom stereocenters. The lowest BCUT2D eigenvalue weighted by molar-refractivity contribution is -0.120. The Labute approximate surface area is 204 Å². The highest BCUT2D eigenvalue weighted by Crippen LogP contribution is 2.19. The van der Waals surface area contributed by atoms with Gasteiger partial charge < -0.3 is 20.0 Å². The molecule has 0 aromatic carbocycles. The van der Waals surface area contributed by atoms with Crippen molar-refractivity contribution in [3.8, 4) is 0 Å². The second-order valence-corrected chi connectivity index (χ2v) is 9.38. The molecule has 2 amide bonds. The van der Waals surface area contributed by atoms with E-state index in [-0.39, 0.29) is 35.8 Å². The highest BCUT2D eigenvalue weighted by molar-refractivity contribution is 5.97. The number of hydrogen-bond donors (Lipinski definition) is 2. The summed E-state index contributed by atoms with van der Waals surface area (Å²) in [6, 6.07) is 3.42. The Kier molecular flexibility index (Phi) is 8.55. The van der Waals surface area contributed by atoms with Gasteiger partial charge in [0.2, 0.25) is 5.91 Å². The van der Waals surface area contributed by atoms with E-state index < -0.39 is 11.2 Å². The van der Waals surface area contributed by atoms with E-state index in [1.165, 1.54) is 9.47 Å². The van der Waals surface area contributed by atoms with Gasteiger partial charge in [0.25, 0.3) is 11.5 Å².